The van der Waals surface area contributed by atoms with Crippen LogP contribution in [-0.4, -0.2) is 22.4 Å². The van der Waals surface area contributed by atoms with Crippen molar-refractivity contribution in [2.45, 2.75) is 4.90 Å². The molecule has 0 saturated carbocycles. The predicted molar refractivity (Wildman–Crippen MR) is 73.2 cm³/mol. The second-order valence-corrected chi connectivity index (χ2v) is 4.63. The number of hydrogen-bond donors (Lipinski definition) is 1. The van der Waals surface area contributed by atoms with Gasteiger partial charge in [0.2, 0.25) is 0 Å². The number of aromatic nitrogens is 2. The number of rotatable bonds is 3. The predicted octanol–water partition coefficient (Wildman–Crippen LogP) is 3.10. The van der Waals surface area contributed by atoms with Crippen molar-refractivity contribution in [3.63, 3.8) is 0 Å². The molecule has 0 saturated heterocycles. The molecule has 1 amide bonds. The standard InChI is InChI=1S/C12H10ClN3OS/c1-18-9-5-3-2-4-8(9)12(17)14-11-7-6-10(13)15-16-11/h2-7H,1H3,(H,14,16,17). The lowest BCUT2D eigenvalue weighted by Crippen LogP contribution is -2.14. The van der Waals surface area contributed by atoms with Crippen molar-refractivity contribution in [1.82, 2.24) is 10.2 Å². The number of amides is 1. The van der Waals surface area contributed by atoms with Crippen LogP contribution in [0.2, 0.25) is 5.15 Å². The Morgan fingerprint density at radius 2 is 2.00 bits per heavy atom. The Balaban J connectivity index is 2.19. The maximum atomic E-state index is 12.1. The Morgan fingerprint density at radius 3 is 2.67 bits per heavy atom. The van der Waals surface area contributed by atoms with Crippen LogP contribution >= 0.6 is 23.4 Å². The third-order valence-electron chi connectivity index (χ3n) is 2.23. The van der Waals surface area contributed by atoms with Crippen LogP contribution < -0.4 is 5.32 Å². The third-order valence-corrected chi connectivity index (χ3v) is 3.22. The highest BCUT2D eigenvalue weighted by molar-refractivity contribution is 7.98. The van der Waals surface area contributed by atoms with E-state index in [0.717, 1.165) is 4.90 Å². The number of carbonyl (C=O) groups excluding carboxylic acids is 1. The Bertz CT molecular complexity index is 560. The molecule has 1 N–H and O–H groups in total. The van der Waals surface area contributed by atoms with Gasteiger partial charge in [0.05, 0.1) is 5.56 Å². The van der Waals surface area contributed by atoms with E-state index in [1.807, 2.05) is 24.5 Å². The molecule has 1 heterocycles. The van der Waals surface area contributed by atoms with Gasteiger partial charge in [-0.25, -0.2) is 0 Å². The van der Waals surface area contributed by atoms with Crippen LogP contribution in [-0.2, 0) is 0 Å². The molecule has 0 spiro atoms. The molecule has 0 fully saturated rings. The van der Waals surface area contributed by atoms with E-state index in [1.54, 1.807) is 18.2 Å². The quantitative estimate of drug-likeness (QED) is 0.877. The minimum atomic E-state index is -0.212. The monoisotopic (exact) mass is 279 g/mol. The summed E-state index contributed by atoms with van der Waals surface area (Å²) in [6.45, 7) is 0. The molecule has 4 nitrogen and oxygen atoms in total. The van der Waals surface area contributed by atoms with Crippen LogP contribution in [0.1, 0.15) is 10.4 Å². The largest absolute Gasteiger partial charge is 0.305 e. The van der Waals surface area contributed by atoms with Crippen molar-refractivity contribution < 1.29 is 4.79 Å². The summed E-state index contributed by atoms with van der Waals surface area (Å²) in [5.41, 5.74) is 0.613. The summed E-state index contributed by atoms with van der Waals surface area (Å²) < 4.78 is 0. The zero-order valence-corrected chi connectivity index (χ0v) is 11.1. The maximum absolute atomic E-state index is 12.1. The number of nitrogens with zero attached hydrogens (tertiary/aromatic N) is 2. The van der Waals surface area contributed by atoms with Gasteiger partial charge in [-0.3, -0.25) is 4.79 Å². The lowest BCUT2D eigenvalue weighted by molar-refractivity contribution is 0.102. The van der Waals surface area contributed by atoms with Crippen LogP contribution in [0.4, 0.5) is 5.82 Å². The van der Waals surface area contributed by atoms with Crippen LogP contribution in [0.5, 0.6) is 0 Å². The zero-order valence-electron chi connectivity index (χ0n) is 9.55. The molecule has 0 aliphatic rings. The van der Waals surface area contributed by atoms with Crippen molar-refractivity contribution >= 4 is 35.1 Å². The number of nitrogens with one attached hydrogen (secondary N) is 1. The summed E-state index contributed by atoms with van der Waals surface area (Å²) in [7, 11) is 0. The van der Waals surface area contributed by atoms with Gasteiger partial charge in [-0.2, -0.15) is 0 Å². The van der Waals surface area contributed by atoms with Gasteiger partial charge in [-0.05, 0) is 30.5 Å². The highest BCUT2D eigenvalue weighted by Gasteiger charge is 2.11. The second-order valence-electron chi connectivity index (χ2n) is 3.40. The average molecular weight is 280 g/mol. The fraction of sp³-hybridized carbons (Fsp3) is 0.0833. The SMILES string of the molecule is CSc1ccccc1C(=O)Nc1ccc(Cl)nn1. The van der Waals surface area contributed by atoms with E-state index in [2.05, 4.69) is 15.5 Å². The Hall–Kier alpha value is -1.59. The summed E-state index contributed by atoms with van der Waals surface area (Å²) in [5.74, 6) is 0.164. The van der Waals surface area contributed by atoms with Crippen LogP contribution in [0, 0.1) is 0 Å². The van der Waals surface area contributed by atoms with E-state index in [4.69, 9.17) is 11.6 Å². The number of carbonyl (C=O) groups is 1. The van der Waals surface area contributed by atoms with Gasteiger partial charge in [0.25, 0.3) is 5.91 Å². The summed E-state index contributed by atoms with van der Waals surface area (Å²) in [6, 6.07) is 10.6. The molecule has 1 aromatic heterocycles. The summed E-state index contributed by atoms with van der Waals surface area (Å²) in [5, 5.41) is 10.4. The molecule has 0 unspecified atom stereocenters. The van der Waals surface area contributed by atoms with Gasteiger partial charge in [-0.15, -0.1) is 22.0 Å². The van der Waals surface area contributed by atoms with E-state index in [-0.39, 0.29) is 11.1 Å². The minimum absolute atomic E-state index is 0.212. The number of halogens is 1. The van der Waals surface area contributed by atoms with Crippen LogP contribution in [0.15, 0.2) is 41.3 Å². The Kier molecular flexibility index (Phi) is 4.17. The van der Waals surface area contributed by atoms with E-state index in [0.29, 0.717) is 11.4 Å². The van der Waals surface area contributed by atoms with Gasteiger partial charge < -0.3 is 5.32 Å². The first-order valence-electron chi connectivity index (χ1n) is 5.14. The lowest BCUT2D eigenvalue weighted by atomic mass is 10.2. The molecule has 0 atom stereocenters. The Morgan fingerprint density at radius 1 is 1.22 bits per heavy atom. The van der Waals surface area contributed by atoms with Gasteiger partial charge in [0, 0.05) is 4.90 Å². The molecule has 0 aliphatic heterocycles. The zero-order chi connectivity index (χ0) is 13.0. The molecule has 2 rings (SSSR count). The topological polar surface area (TPSA) is 54.9 Å². The van der Waals surface area contributed by atoms with Crippen molar-refractivity contribution in [3.8, 4) is 0 Å². The summed E-state index contributed by atoms with van der Waals surface area (Å²) in [4.78, 5) is 13.0. The fourth-order valence-corrected chi connectivity index (χ4v) is 2.09. The first-order valence-corrected chi connectivity index (χ1v) is 6.74. The molecule has 1 aromatic carbocycles. The molecular formula is C12H10ClN3OS. The first kappa shape index (κ1) is 12.9. The highest BCUT2D eigenvalue weighted by Crippen LogP contribution is 2.20. The minimum Gasteiger partial charge on any atom is -0.305 e. The molecule has 18 heavy (non-hydrogen) atoms. The molecular weight excluding hydrogens is 270 g/mol. The Labute approximate surface area is 114 Å². The maximum Gasteiger partial charge on any atom is 0.257 e. The smallest absolute Gasteiger partial charge is 0.257 e. The van der Waals surface area contributed by atoms with E-state index >= 15 is 0 Å². The number of anilines is 1. The van der Waals surface area contributed by atoms with E-state index in [9.17, 15) is 4.79 Å². The highest BCUT2D eigenvalue weighted by atomic mass is 35.5. The van der Waals surface area contributed by atoms with Crippen LogP contribution in [0.25, 0.3) is 0 Å². The second kappa shape index (κ2) is 5.84. The number of benzene rings is 1. The summed E-state index contributed by atoms with van der Waals surface area (Å²) in [6.07, 6.45) is 1.92. The first-order chi connectivity index (χ1) is 8.70. The summed E-state index contributed by atoms with van der Waals surface area (Å²) >= 11 is 7.14. The van der Waals surface area contributed by atoms with Gasteiger partial charge >= 0.3 is 0 Å². The van der Waals surface area contributed by atoms with Crippen molar-refractivity contribution in [2.75, 3.05) is 11.6 Å². The van der Waals surface area contributed by atoms with Crippen molar-refractivity contribution in [3.05, 3.63) is 47.1 Å². The van der Waals surface area contributed by atoms with E-state index in [1.165, 1.54) is 11.8 Å². The van der Waals surface area contributed by atoms with Gasteiger partial charge in [-0.1, -0.05) is 23.7 Å². The van der Waals surface area contributed by atoms with Crippen LogP contribution in [0.3, 0.4) is 0 Å². The third kappa shape index (κ3) is 3.00. The number of hydrogen-bond acceptors (Lipinski definition) is 4. The van der Waals surface area contributed by atoms with Crippen molar-refractivity contribution in [2.24, 2.45) is 0 Å². The van der Waals surface area contributed by atoms with Gasteiger partial charge in [0.1, 0.15) is 0 Å². The molecule has 6 heteroatoms. The van der Waals surface area contributed by atoms with E-state index < -0.39 is 0 Å². The normalized spacial score (nSPS) is 10.1. The van der Waals surface area contributed by atoms with Gasteiger partial charge in [0.15, 0.2) is 11.0 Å². The average Bonchev–Trinajstić information content (AvgIpc) is 2.41. The fourth-order valence-electron chi connectivity index (χ4n) is 1.40. The molecule has 0 bridgehead atoms. The molecule has 0 radical (unpaired) electrons. The molecule has 92 valence electrons. The molecule has 0 aliphatic carbocycles. The molecule has 2 aromatic rings. The number of thioether (sulfide) groups is 1. The van der Waals surface area contributed by atoms with Crippen molar-refractivity contribution in [1.29, 1.82) is 0 Å². The lowest BCUT2D eigenvalue weighted by Gasteiger charge is -2.07.